The summed E-state index contributed by atoms with van der Waals surface area (Å²) in [5.41, 5.74) is 1.26. The van der Waals surface area contributed by atoms with Crippen LogP contribution in [-0.4, -0.2) is 44.7 Å². The number of rotatable bonds is 4. The predicted molar refractivity (Wildman–Crippen MR) is 118 cm³/mol. The van der Waals surface area contributed by atoms with Crippen molar-refractivity contribution in [1.82, 2.24) is 19.4 Å². The Labute approximate surface area is 180 Å². The lowest BCUT2D eigenvalue weighted by molar-refractivity contribution is 0.0493. The number of aromatic nitrogens is 3. The average Bonchev–Trinajstić information content (AvgIpc) is 2.72. The van der Waals surface area contributed by atoms with Gasteiger partial charge in [0, 0.05) is 31.7 Å². The van der Waals surface area contributed by atoms with E-state index < -0.39 is 0 Å². The minimum absolute atomic E-state index is 0.141. The van der Waals surface area contributed by atoms with Crippen molar-refractivity contribution >= 4 is 22.5 Å². The molecule has 3 aromatic rings. The molecule has 0 N–H and O–H groups in total. The first-order chi connectivity index (χ1) is 14.6. The molecule has 0 bridgehead atoms. The van der Waals surface area contributed by atoms with E-state index in [1.807, 2.05) is 24.3 Å². The van der Waals surface area contributed by atoms with E-state index in [0.29, 0.717) is 16.7 Å². The van der Waals surface area contributed by atoms with E-state index in [1.165, 1.54) is 25.5 Å². The fourth-order valence-corrected chi connectivity index (χ4v) is 4.55. The maximum absolute atomic E-state index is 12.7. The van der Waals surface area contributed by atoms with Gasteiger partial charge in [-0.05, 0) is 56.0 Å². The topological polar surface area (TPSA) is 60.2 Å². The summed E-state index contributed by atoms with van der Waals surface area (Å²) in [6, 6.07) is 10.2. The molecule has 0 amide bonds. The smallest absolute Gasteiger partial charge is 0.261 e. The van der Waals surface area contributed by atoms with E-state index in [-0.39, 0.29) is 16.8 Å². The largest absolute Gasteiger partial charge is 0.490 e. The van der Waals surface area contributed by atoms with Gasteiger partial charge in [-0.2, -0.15) is 0 Å². The Morgan fingerprint density at radius 2 is 1.83 bits per heavy atom. The van der Waals surface area contributed by atoms with Gasteiger partial charge in [0.1, 0.15) is 22.8 Å². The number of fused-ring (bicyclic) bond motifs is 1. The third kappa shape index (κ3) is 3.70. The molecular weight excluding hydrogens is 400 g/mol. The molecule has 3 heterocycles. The van der Waals surface area contributed by atoms with E-state index in [1.54, 1.807) is 17.7 Å². The van der Waals surface area contributed by atoms with Crippen molar-refractivity contribution < 1.29 is 4.74 Å². The Kier molecular flexibility index (Phi) is 5.21. The number of benzene rings is 1. The van der Waals surface area contributed by atoms with Crippen LogP contribution in [-0.2, 0) is 7.05 Å². The van der Waals surface area contributed by atoms with E-state index in [9.17, 15) is 4.79 Å². The van der Waals surface area contributed by atoms with Crippen LogP contribution in [0.1, 0.15) is 32.1 Å². The van der Waals surface area contributed by atoms with Crippen LogP contribution in [0.2, 0.25) is 5.15 Å². The Morgan fingerprint density at radius 1 is 1.10 bits per heavy atom. The maximum atomic E-state index is 12.7. The van der Waals surface area contributed by atoms with Gasteiger partial charge in [0.25, 0.3) is 5.56 Å². The minimum atomic E-state index is -0.141. The summed E-state index contributed by atoms with van der Waals surface area (Å²) in [4.78, 5) is 24.0. The first-order valence-corrected chi connectivity index (χ1v) is 11.0. The second-order valence-electron chi connectivity index (χ2n) is 8.29. The summed E-state index contributed by atoms with van der Waals surface area (Å²) < 4.78 is 7.77. The molecule has 2 fully saturated rings. The van der Waals surface area contributed by atoms with Crippen LogP contribution in [0.5, 0.6) is 5.75 Å². The summed E-state index contributed by atoms with van der Waals surface area (Å²) in [5.74, 6) is 1.46. The third-order valence-electron chi connectivity index (χ3n) is 6.41. The highest BCUT2D eigenvalue weighted by Crippen LogP contribution is 2.29. The molecule has 2 aliphatic rings. The lowest BCUT2D eigenvalue weighted by Crippen LogP contribution is -2.46. The average molecular weight is 425 g/mol. The van der Waals surface area contributed by atoms with E-state index >= 15 is 0 Å². The summed E-state index contributed by atoms with van der Waals surface area (Å²) in [6.07, 6.45) is 8.07. The Bertz CT molecular complexity index is 1120. The summed E-state index contributed by atoms with van der Waals surface area (Å²) in [5, 5.41) is 0.753. The molecule has 7 heteroatoms. The van der Waals surface area contributed by atoms with Crippen molar-refractivity contribution in [3.8, 4) is 17.1 Å². The first-order valence-electron chi connectivity index (χ1n) is 10.6. The lowest BCUT2D eigenvalue weighted by Gasteiger charge is -2.41. The molecule has 0 atom stereocenters. The van der Waals surface area contributed by atoms with E-state index in [2.05, 4.69) is 14.9 Å². The molecule has 156 valence electrons. The summed E-state index contributed by atoms with van der Waals surface area (Å²) >= 11 is 5.93. The molecule has 2 aromatic heterocycles. The van der Waals surface area contributed by atoms with Gasteiger partial charge in [-0.25, -0.2) is 9.97 Å². The quantitative estimate of drug-likeness (QED) is 0.591. The number of hydrogen-bond acceptors (Lipinski definition) is 5. The monoisotopic (exact) mass is 424 g/mol. The summed E-state index contributed by atoms with van der Waals surface area (Å²) in [7, 11) is 1.72. The number of likely N-dealkylation sites (tertiary alicyclic amines) is 1. The number of halogens is 1. The molecule has 5 rings (SSSR count). The molecule has 1 aromatic carbocycles. The molecular formula is C23H25ClN4O2. The molecule has 30 heavy (non-hydrogen) atoms. The fourth-order valence-electron chi connectivity index (χ4n) is 4.39. The third-order valence-corrected chi connectivity index (χ3v) is 6.62. The highest BCUT2D eigenvalue weighted by molar-refractivity contribution is 6.30. The van der Waals surface area contributed by atoms with Crippen LogP contribution in [0, 0.1) is 0 Å². The summed E-state index contributed by atoms with van der Waals surface area (Å²) in [6.45, 7) is 2.27. The Morgan fingerprint density at radius 3 is 2.50 bits per heavy atom. The zero-order valence-electron chi connectivity index (χ0n) is 17.1. The fraction of sp³-hybridized carbons (Fsp3) is 0.435. The second kappa shape index (κ2) is 8.00. The van der Waals surface area contributed by atoms with Gasteiger partial charge in [0.15, 0.2) is 0 Å². The van der Waals surface area contributed by atoms with Crippen molar-refractivity contribution in [3.05, 3.63) is 52.0 Å². The van der Waals surface area contributed by atoms with Crippen LogP contribution < -0.4 is 10.3 Å². The normalized spacial score (nSPS) is 18.5. The molecule has 1 saturated heterocycles. The van der Waals surface area contributed by atoms with Crippen molar-refractivity contribution in [1.29, 1.82) is 0 Å². The van der Waals surface area contributed by atoms with E-state index in [4.69, 9.17) is 16.3 Å². The second-order valence-corrected chi connectivity index (χ2v) is 8.67. The van der Waals surface area contributed by atoms with Gasteiger partial charge in [-0.15, -0.1) is 0 Å². The Hall–Kier alpha value is -2.44. The number of ether oxygens (including phenoxy) is 1. The maximum Gasteiger partial charge on any atom is 0.261 e. The number of hydrogen-bond donors (Lipinski definition) is 0. The van der Waals surface area contributed by atoms with Gasteiger partial charge in [-0.1, -0.05) is 18.0 Å². The lowest BCUT2D eigenvalue weighted by atomic mass is 9.90. The molecule has 6 nitrogen and oxygen atoms in total. The standard InChI is InChI=1S/C23H25ClN4O2/c1-27-22(26-20-14-25-21(24)13-19(20)23(27)29)15-5-7-17(8-6-15)30-18-9-11-28(12-10-18)16-3-2-4-16/h5-8,13-14,16,18H,2-4,9-12H2,1H3. The van der Waals surface area contributed by atoms with Gasteiger partial charge < -0.3 is 9.64 Å². The molecule has 0 radical (unpaired) electrons. The van der Waals surface area contributed by atoms with Crippen LogP contribution in [0.25, 0.3) is 22.3 Å². The number of piperidine rings is 1. The predicted octanol–water partition coefficient (Wildman–Crippen LogP) is 4.04. The zero-order chi connectivity index (χ0) is 20.7. The van der Waals surface area contributed by atoms with Gasteiger partial charge in [0.2, 0.25) is 0 Å². The van der Waals surface area contributed by atoms with Gasteiger partial charge in [0.05, 0.1) is 17.1 Å². The first kappa shape index (κ1) is 19.5. The SMILES string of the molecule is Cn1c(-c2ccc(OC3CCN(C4CCC4)CC3)cc2)nc2cnc(Cl)cc2c1=O. The van der Waals surface area contributed by atoms with Crippen LogP contribution >= 0.6 is 11.6 Å². The van der Waals surface area contributed by atoms with Crippen LogP contribution in [0.3, 0.4) is 0 Å². The Balaban J connectivity index is 1.31. The van der Waals surface area contributed by atoms with Crippen LogP contribution in [0.15, 0.2) is 41.3 Å². The zero-order valence-corrected chi connectivity index (χ0v) is 17.8. The van der Waals surface area contributed by atoms with Gasteiger partial charge in [-0.3, -0.25) is 9.36 Å². The molecule has 1 aliphatic carbocycles. The van der Waals surface area contributed by atoms with Gasteiger partial charge >= 0.3 is 0 Å². The highest BCUT2D eigenvalue weighted by Gasteiger charge is 2.29. The van der Waals surface area contributed by atoms with Crippen molar-refractivity contribution in [2.75, 3.05) is 13.1 Å². The van der Waals surface area contributed by atoms with Crippen molar-refractivity contribution in [2.24, 2.45) is 7.05 Å². The number of nitrogens with zero attached hydrogens (tertiary/aromatic N) is 4. The van der Waals surface area contributed by atoms with Crippen molar-refractivity contribution in [2.45, 2.75) is 44.2 Å². The molecule has 1 saturated carbocycles. The highest BCUT2D eigenvalue weighted by atomic mass is 35.5. The molecule has 0 unspecified atom stereocenters. The number of pyridine rings is 1. The van der Waals surface area contributed by atoms with E-state index in [0.717, 1.165) is 43.3 Å². The molecule has 0 spiro atoms. The molecule has 1 aliphatic heterocycles. The van der Waals surface area contributed by atoms with Crippen LogP contribution in [0.4, 0.5) is 0 Å². The minimum Gasteiger partial charge on any atom is -0.490 e. The van der Waals surface area contributed by atoms with Crippen molar-refractivity contribution in [3.63, 3.8) is 0 Å².